The van der Waals surface area contributed by atoms with Crippen LogP contribution in [0.4, 0.5) is 18.9 Å². The van der Waals surface area contributed by atoms with Crippen molar-refractivity contribution in [3.8, 4) is 0 Å². The second-order valence-corrected chi connectivity index (χ2v) is 4.25. The fourth-order valence-electron chi connectivity index (χ4n) is 1.55. The number of hydrogen-bond donors (Lipinski definition) is 1. The van der Waals surface area contributed by atoms with Crippen molar-refractivity contribution in [2.24, 2.45) is 0 Å². The zero-order valence-electron chi connectivity index (χ0n) is 9.96. The summed E-state index contributed by atoms with van der Waals surface area (Å²) in [6.07, 6.45) is -4.79. The minimum absolute atomic E-state index is 0.127. The molecule has 1 heterocycles. The molecule has 20 heavy (non-hydrogen) atoms. The minimum Gasteiger partial charge on any atom is -0.483 e. The van der Waals surface area contributed by atoms with Gasteiger partial charge in [0.15, 0.2) is 0 Å². The first-order valence-electron chi connectivity index (χ1n) is 5.52. The van der Waals surface area contributed by atoms with Gasteiger partial charge in [-0.05, 0) is 18.2 Å². The maximum atomic E-state index is 12.7. The molecule has 108 valence electrons. The Morgan fingerprint density at radius 1 is 1.25 bits per heavy atom. The third-order valence-electron chi connectivity index (χ3n) is 2.33. The predicted octanol–water partition coefficient (Wildman–Crippen LogP) is 3.10. The second-order valence-electron chi connectivity index (χ2n) is 3.82. The van der Waals surface area contributed by atoms with E-state index in [1.807, 2.05) is 0 Å². The van der Waals surface area contributed by atoms with Gasteiger partial charge in [0.25, 0.3) is 5.91 Å². The van der Waals surface area contributed by atoms with Gasteiger partial charge in [-0.1, -0.05) is 17.7 Å². The monoisotopic (exact) mass is 307 g/mol. The molecule has 0 saturated carbocycles. The van der Waals surface area contributed by atoms with E-state index in [0.29, 0.717) is 5.02 Å². The summed E-state index contributed by atoms with van der Waals surface area (Å²) in [5.41, 5.74) is 0.255. The van der Waals surface area contributed by atoms with Crippen LogP contribution in [0.15, 0.2) is 35.8 Å². The molecule has 0 aliphatic carbocycles. The highest BCUT2D eigenvalue weighted by atomic mass is 35.5. The largest absolute Gasteiger partial charge is 0.483 e. The number of benzene rings is 1. The Labute approximate surface area is 117 Å². The predicted molar refractivity (Wildman–Crippen MR) is 65.1 cm³/mol. The summed E-state index contributed by atoms with van der Waals surface area (Å²) in [6, 6.07) is 6.01. The highest BCUT2D eigenvalue weighted by molar-refractivity contribution is 6.30. The van der Waals surface area contributed by atoms with Gasteiger partial charge in [-0.15, -0.1) is 0 Å². The number of nitrogens with one attached hydrogen (secondary N) is 1. The molecule has 1 aliphatic rings. The summed E-state index contributed by atoms with van der Waals surface area (Å²) in [7, 11) is 0. The maximum Gasteiger partial charge on any atom is 0.453 e. The molecule has 1 N–H and O–H groups in total. The molecule has 0 aromatic heterocycles. The molecule has 0 unspecified atom stereocenters. The molecule has 1 aromatic carbocycles. The Morgan fingerprint density at radius 3 is 2.60 bits per heavy atom. The van der Waals surface area contributed by atoms with Crippen LogP contribution in [0.1, 0.15) is 0 Å². The molecule has 2 rings (SSSR count). The molecule has 0 spiro atoms. The fraction of sp³-hybridized carbons (Fsp3) is 0.250. The maximum absolute atomic E-state index is 12.7. The van der Waals surface area contributed by atoms with E-state index in [-0.39, 0.29) is 18.9 Å². The molecule has 8 heteroatoms. The highest BCUT2D eigenvalue weighted by Gasteiger charge is 2.43. The number of amides is 1. The van der Waals surface area contributed by atoms with E-state index < -0.39 is 23.6 Å². The van der Waals surface area contributed by atoms with E-state index >= 15 is 0 Å². The zero-order valence-corrected chi connectivity index (χ0v) is 10.7. The van der Waals surface area contributed by atoms with Crippen LogP contribution in [0.3, 0.4) is 0 Å². The van der Waals surface area contributed by atoms with Crippen LogP contribution in [-0.2, 0) is 14.3 Å². The summed E-state index contributed by atoms with van der Waals surface area (Å²) in [5, 5.41) is 2.61. The van der Waals surface area contributed by atoms with Gasteiger partial charge in [-0.25, -0.2) is 0 Å². The number of carbonyl (C=O) groups is 1. The number of carbonyl (C=O) groups excluding carboxylic acids is 1. The SMILES string of the molecule is O=C(Nc1cccc(Cl)c1)C1=C(C(F)(F)F)OCCO1. The van der Waals surface area contributed by atoms with Crippen molar-refractivity contribution in [3.63, 3.8) is 0 Å². The molecule has 1 aliphatic heterocycles. The average molecular weight is 308 g/mol. The number of anilines is 1. The van der Waals surface area contributed by atoms with Crippen LogP contribution in [-0.4, -0.2) is 25.3 Å². The number of hydrogen-bond acceptors (Lipinski definition) is 3. The molecule has 0 atom stereocenters. The van der Waals surface area contributed by atoms with Gasteiger partial charge in [0, 0.05) is 10.7 Å². The minimum atomic E-state index is -4.79. The van der Waals surface area contributed by atoms with Gasteiger partial charge in [0.1, 0.15) is 13.2 Å². The number of alkyl halides is 3. The van der Waals surface area contributed by atoms with Gasteiger partial charge in [0.2, 0.25) is 11.5 Å². The standard InChI is InChI=1S/C12H9ClF3NO3/c13-7-2-1-3-8(6-7)17-11(18)9-10(12(14,15)16)20-5-4-19-9/h1-3,6H,4-5H2,(H,17,18). The van der Waals surface area contributed by atoms with Gasteiger partial charge in [0.05, 0.1) is 0 Å². The molecule has 1 aromatic rings. The van der Waals surface area contributed by atoms with Crippen LogP contribution in [0.2, 0.25) is 5.02 Å². The lowest BCUT2D eigenvalue weighted by Gasteiger charge is -2.22. The van der Waals surface area contributed by atoms with E-state index in [1.165, 1.54) is 12.1 Å². The lowest BCUT2D eigenvalue weighted by Crippen LogP contribution is -2.30. The molecule has 0 saturated heterocycles. The molecule has 1 amide bonds. The Kier molecular flexibility index (Phi) is 4.08. The highest BCUT2D eigenvalue weighted by Crippen LogP contribution is 2.32. The van der Waals surface area contributed by atoms with Crippen molar-refractivity contribution in [3.05, 3.63) is 40.8 Å². The Bertz CT molecular complexity index is 557. The van der Waals surface area contributed by atoms with Crippen molar-refractivity contribution >= 4 is 23.2 Å². The van der Waals surface area contributed by atoms with E-state index in [1.54, 1.807) is 12.1 Å². The molecular weight excluding hydrogens is 299 g/mol. The topological polar surface area (TPSA) is 47.6 Å². The van der Waals surface area contributed by atoms with Crippen molar-refractivity contribution in [2.45, 2.75) is 6.18 Å². The Hall–Kier alpha value is -1.89. The number of allylic oxidation sites excluding steroid dienone is 1. The van der Waals surface area contributed by atoms with Crippen LogP contribution in [0.25, 0.3) is 0 Å². The number of halogens is 4. The average Bonchev–Trinajstić information content (AvgIpc) is 2.37. The van der Waals surface area contributed by atoms with Crippen molar-refractivity contribution in [1.29, 1.82) is 0 Å². The summed E-state index contributed by atoms with van der Waals surface area (Å²) in [6.45, 7) is -0.388. The van der Waals surface area contributed by atoms with E-state index in [0.717, 1.165) is 0 Å². The Morgan fingerprint density at radius 2 is 1.95 bits per heavy atom. The lowest BCUT2D eigenvalue weighted by atomic mass is 10.3. The first kappa shape index (κ1) is 14.5. The van der Waals surface area contributed by atoms with Crippen LogP contribution >= 0.6 is 11.6 Å². The van der Waals surface area contributed by atoms with Gasteiger partial charge in [-0.3, -0.25) is 4.79 Å². The summed E-state index contributed by atoms with van der Waals surface area (Å²) in [5.74, 6) is -3.36. The third-order valence-corrected chi connectivity index (χ3v) is 2.56. The van der Waals surface area contributed by atoms with Gasteiger partial charge < -0.3 is 14.8 Å². The van der Waals surface area contributed by atoms with Crippen LogP contribution in [0.5, 0.6) is 0 Å². The first-order chi connectivity index (χ1) is 9.38. The molecule has 0 fully saturated rings. The van der Waals surface area contributed by atoms with E-state index in [2.05, 4.69) is 10.1 Å². The second kappa shape index (κ2) is 5.62. The van der Waals surface area contributed by atoms with Crippen LogP contribution in [0, 0.1) is 0 Å². The number of ether oxygens (including phenoxy) is 2. The van der Waals surface area contributed by atoms with Gasteiger partial charge >= 0.3 is 6.18 Å². The van der Waals surface area contributed by atoms with E-state index in [4.69, 9.17) is 16.3 Å². The first-order valence-corrected chi connectivity index (χ1v) is 5.89. The quantitative estimate of drug-likeness (QED) is 0.913. The molecule has 4 nitrogen and oxygen atoms in total. The van der Waals surface area contributed by atoms with E-state index in [9.17, 15) is 18.0 Å². The van der Waals surface area contributed by atoms with Crippen molar-refractivity contribution < 1.29 is 27.4 Å². The van der Waals surface area contributed by atoms with Gasteiger partial charge in [-0.2, -0.15) is 13.2 Å². The number of rotatable bonds is 2. The zero-order chi connectivity index (χ0) is 14.8. The third kappa shape index (κ3) is 3.36. The molecule has 0 radical (unpaired) electrons. The Balaban J connectivity index is 2.24. The van der Waals surface area contributed by atoms with Crippen molar-refractivity contribution in [1.82, 2.24) is 0 Å². The molecular formula is C12H9ClF3NO3. The van der Waals surface area contributed by atoms with Crippen molar-refractivity contribution in [2.75, 3.05) is 18.5 Å². The molecule has 0 bridgehead atoms. The normalized spacial score (nSPS) is 15.4. The summed E-state index contributed by atoms with van der Waals surface area (Å²) >= 11 is 5.72. The summed E-state index contributed by atoms with van der Waals surface area (Å²) < 4.78 is 47.3. The lowest BCUT2D eigenvalue weighted by molar-refractivity contribution is -0.151. The smallest absolute Gasteiger partial charge is 0.453 e. The fourth-order valence-corrected chi connectivity index (χ4v) is 1.74. The summed E-state index contributed by atoms with van der Waals surface area (Å²) in [4.78, 5) is 11.8. The van der Waals surface area contributed by atoms with Crippen LogP contribution < -0.4 is 5.32 Å².